The standard InChI is InChI=1S/C12H24N2O/c1-4-6-14(7-5-2)12(15)11-9-13-8-10(11)3/h10-11,13H,4-9H2,1-3H3/t10-,11-/m1/s1. The van der Waals surface area contributed by atoms with Gasteiger partial charge in [-0.15, -0.1) is 0 Å². The van der Waals surface area contributed by atoms with Crippen LogP contribution in [0.15, 0.2) is 0 Å². The zero-order chi connectivity index (χ0) is 11.3. The van der Waals surface area contributed by atoms with Gasteiger partial charge in [-0.2, -0.15) is 0 Å². The Balaban J connectivity index is 2.54. The summed E-state index contributed by atoms with van der Waals surface area (Å²) >= 11 is 0. The first-order valence-corrected chi connectivity index (χ1v) is 6.20. The molecular formula is C12H24N2O. The van der Waals surface area contributed by atoms with Crippen molar-refractivity contribution >= 4 is 5.91 Å². The highest BCUT2D eigenvalue weighted by molar-refractivity contribution is 5.79. The maximum absolute atomic E-state index is 12.2. The van der Waals surface area contributed by atoms with Crippen LogP contribution in [0.25, 0.3) is 0 Å². The van der Waals surface area contributed by atoms with E-state index in [1.54, 1.807) is 0 Å². The van der Waals surface area contributed by atoms with Gasteiger partial charge in [0.1, 0.15) is 0 Å². The second kappa shape index (κ2) is 6.11. The molecule has 0 aromatic carbocycles. The predicted octanol–water partition coefficient (Wildman–Crippen LogP) is 1.49. The summed E-state index contributed by atoms with van der Waals surface area (Å²) in [5.41, 5.74) is 0. The lowest BCUT2D eigenvalue weighted by Gasteiger charge is -2.26. The third-order valence-electron chi connectivity index (χ3n) is 3.13. The van der Waals surface area contributed by atoms with Gasteiger partial charge in [-0.05, 0) is 25.3 Å². The van der Waals surface area contributed by atoms with Crippen LogP contribution in [0.2, 0.25) is 0 Å². The van der Waals surface area contributed by atoms with Crippen molar-refractivity contribution in [1.82, 2.24) is 10.2 Å². The lowest BCUT2D eigenvalue weighted by molar-refractivity contribution is -0.136. The van der Waals surface area contributed by atoms with Gasteiger partial charge in [0.15, 0.2) is 0 Å². The molecule has 0 aliphatic carbocycles. The largest absolute Gasteiger partial charge is 0.342 e. The van der Waals surface area contributed by atoms with Crippen LogP contribution in [-0.2, 0) is 4.79 Å². The van der Waals surface area contributed by atoms with E-state index in [1.165, 1.54) is 0 Å². The average molecular weight is 212 g/mol. The number of carbonyl (C=O) groups excluding carboxylic acids is 1. The Kier molecular flexibility index (Phi) is 5.09. The number of amides is 1. The van der Waals surface area contributed by atoms with E-state index in [0.717, 1.165) is 39.0 Å². The van der Waals surface area contributed by atoms with Gasteiger partial charge in [0, 0.05) is 19.6 Å². The van der Waals surface area contributed by atoms with Crippen molar-refractivity contribution in [1.29, 1.82) is 0 Å². The van der Waals surface area contributed by atoms with Gasteiger partial charge in [-0.3, -0.25) is 4.79 Å². The molecule has 1 aliphatic heterocycles. The maximum Gasteiger partial charge on any atom is 0.227 e. The minimum absolute atomic E-state index is 0.211. The quantitative estimate of drug-likeness (QED) is 0.749. The summed E-state index contributed by atoms with van der Waals surface area (Å²) in [6.07, 6.45) is 2.11. The molecule has 0 aromatic heterocycles. The van der Waals surface area contributed by atoms with E-state index < -0.39 is 0 Å². The molecule has 1 fully saturated rings. The molecule has 0 aromatic rings. The molecule has 1 aliphatic rings. The highest BCUT2D eigenvalue weighted by Gasteiger charge is 2.32. The Morgan fingerprint density at radius 1 is 1.27 bits per heavy atom. The second-order valence-electron chi connectivity index (χ2n) is 4.57. The maximum atomic E-state index is 12.2. The molecule has 1 heterocycles. The first-order valence-electron chi connectivity index (χ1n) is 6.20. The molecular weight excluding hydrogens is 188 g/mol. The molecule has 0 spiro atoms. The topological polar surface area (TPSA) is 32.3 Å². The van der Waals surface area contributed by atoms with Crippen LogP contribution < -0.4 is 5.32 Å². The van der Waals surface area contributed by atoms with Crippen molar-refractivity contribution in [3.63, 3.8) is 0 Å². The molecule has 2 atom stereocenters. The summed E-state index contributed by atoms with van der Waals surface area (Å²) in [5, 5.41) is 3.29. The van der Waals surface area contributed by atoms with Gasteiger partial charge in [-0.1, -0.05) is 20.8 Å². The Morgan fingerprint density at radius 2 is 1.87 bits per heavy atom. The van der Waals surface area contributed by atoms with Crippen molar-refractivity contribution < 1.29 is 4.79 Å². The molecule has 0 radical (unpaired) electrons. The Hall–Kier alpha value is -0.570. The van der Waals surface area contributed by atoms with Crippen molar-refractivity contribution in [3.8, 4) is 0 Å². The molecule has 15 heavy (non-hydrogen) atoms. The van der Waals surface area contributed by atoms with Crippen LogP contribution in [0.4, 0.5) is 0 Å². The summed E-state index contributed by atoms with van der Waals surface area (Å²) in [6.45, 7) is 10.1. The molecule has 0 saturated carbocycles. The van der Waals surface area contributed by atoms with Gasteiger partial charge in [0.2, 0.25) is 5.91 Å². The van der Waals surface area contributed by atoms with E-state index in [2.05, 4.69) is 26.1 Å². The van der Waals surface area contributed by atoms with Crippen molar-refractivity contribution in [2.75, 3.05) is 26.2 Å². The number of rotatable bonds is 5. The highest BCUT2D eigenvalue weighted by atomic mass is 16.2. The molecule has 1 N–H and O–H groups in total. The van der Waals surface area contributed by atoms with Gasteiger partial charge >= 0.3 is 0 Å². The average Bonchev–Trinajstić information content (AvgIpc) is 2.63. The van der Waals surface area contributed by atoms with Gasteiger partial charge in [0.05, 0.1) is 5.92 Å². The smallest absolute Gasteiger partial charge is 0.227 e. The number of nitrogens with one attached hydrogen (secondary N) is 1. The second-order valence-corrected chi connectivity index (χ2v) is 4.57. The van der Waals surface area contributed by atoms with Gasteiger partial charge in [0.25, 0.3) is 0 Å². The fourth-order valence-electron chi connectivity index (χ4n) is 2.25. The molecule has 0 unspecified atom stereocenters. The van der Waals surface area contributed by atoms with E-state index in [1.807, 2.05) is 4.90 Å². The van der Waals surface area contributed by atoms with E-state index in [4.69, 9.17) is 0 Å². The number of carbonyl (C=O) groups is 1. The predicted molar refractivity (Wildman–Crippen MR) is 62.7 cm³/mol. The van der Waals surface area contributed by atoms with E-state index in [9.17, 15) is 4.79 Å². The normalized spacial score (nSPS) is 25.5. The Labute approximate surface area is 93.2 Å². The van der Waals surface area contributed by atoms with Crippen LogP contribution in [0.1, 0.15) is 33.6 Å². The molecule has 88 valence electrons. The number of nitrogens with zero attached hydrogens (tertiary/aromatic N) is 1. The molecule has 1 rings (SSSR count). The molecule has 0 bridgehead atoms. The first-order chi connectivity index (χ1) is 7.20. The third-order valence-corrected chi connectivity index (χ3v) is 3.13. The van der Waals surface area contributed by atoms with Crippen LogP contribution in [-0.4, -0.2) is 37.0 Å². The van der Waals surface area contributed by atoms with Crippen LogP contribution >= 0.6 is 0 Å². The van der Waals surface area contributed by atoms with Crippen molar-refractivity contribution in [3.05, 3.63) is 0 Å². The van der Waals surface area contributed by atoms with Crippen molar-refractivity contribution in [2.45, 2.75) is 33.6 Å². The zero-order valence-corrected chi connectivity index (χ0v) is 10.3. The lowest BCUT2D eigenvalue weighted by atomic mass is 9.96. The molecule has 1 amide bonds. The molecule has 1 saturated heterocycles. The number of hydrogen-bond acceptors (Lipinski definition) is 2. The van der Waals surface area contributed by atoms with Crippen LogP contribution in [0.5, 0.6) is 0 Å². The monoisotopic (exact) mass is 212 g/mol. The highest BCUT2D eigenvalue weighted by Crippen LogP contribution is 2.18. The Morgan fingerprint density at radius 3 is 2.27 bits per heavy atom. The van der Waals surface area contributed by atoms with Gasteiger partial charge < -0.3 is 10.2 Å². The Bertz CT molecular complexity index is 200. The van der Waals surface area contributed by atoms with E-state index in [-0.39, 0.29) is 5.92 Å². The minimum atomic E-state index is 0.211. The van der Waals surface area contributed by atoms with E-state index >= 15 is 0 Å². The third kappa shape index (κ3) is 3.20. The first kappa shape index (κ1) is 12.5. The van der Waals surface area contributed by atoms with Crippen LogP contribution in [0, 0.1) is 11.8 Å². The fraction of sp³-hybridized carbons (Fsp3) is 0.917. The molecule has 3 heteroatoms. The summed E-state index contributed by atoms with van der Waals surface area (Å²) in [7, 11) is 0. The number of hydrogen-bond donors (Lipinski definition) is 1. The molecule has 3 nitrogen and oxygen atoms in total. The van der Waals surface area contributed by atoms with Crippen LogP contribution in [0.3, 0.4) is 0 Å². The van der Waals surface area contributed by atoms with Gasteiger partial charge in [-0.25, -0.2) is 0 Å². The zero-order valence-electron chi connectivity index (χ0n) is 10.3. The fourth-order valence-corrected chi connectivity index (χ4v) is 2.25. The summed E-state index contributed by atoms with van der Waals surface area (Å²) < 4.78 is 0. The SMILES string of the molecule is CCCN(CCC)C(=O)[C@@H]1CNC[C@H]1C. The van der Waals surface area contributed by atoms with Crippen molar-refractivity contribution in [2.24, 2.45) is 11.8 Å². The van der Waals surface area contributed by atoms with E-state index in [0.29, 0.717) is 11.8 Å². The summed E-state index contributed by atoms with van der Waals surface area (Å²) in [4.78, 5) is 14.3. The lowest BCUT2D eigenvalue weighted by Crippen LogP contribution is -2.39. The minimum Gasteiger partial charge on any atom is -0.342 e. The summed E-state index contributed by atoms with van der Waals surface area (Å²) in [5.74, 6) is 1.06. The summed E-state index contributed by atoms with van der Waals surface area (Å²) in [6, 6.07) is 0.